The highest BCUT2D eigenvalue weighted by atomic mass is 16.5. The Morgan fingerprint density at radius 1 is 1.26 bits per heavy atom. The molecule has 0 radical (unpaired) electrons. The van der Waals surface area contributed by atoms with Crippen molar-refractivity contribution in [1.29, 1.82) is 0 Å². The second-order valence-corrected chi connectivity index (χ2v) is 5.29. The molecule has 0 atom stereocenters. The highest BCUT2D eigenvalue weighted by molar-refractivity contribution is 5.47. The number of rotatable bonds is 8. The molecule has 0 N–H and O–H groups in total. The van der Waals surface area contributed by atoms with Gasteiger partial charge >= 0.3 is 0 Å². The van der Waals surface area contributed by atoms with Crippen LogP contribution in [0.3, 0.4) is 0 Å². The standard InChI is InChI=1S/C17H24O2/c1-6-15-7-9-16(10-8-15)13-19-17(4,5)11-12-18-14(2)3/h6-10H,1-2,11-13H2,3-5H3. The van der Waals surface area contributed by atoms with Gasteiger partial charge < -0.3 is 9.47 Å². The maximum absolute atomic E-state index is 5.94. The molecule has 1 aromatic rings. The average Bonchev–Trinajstić information content (AvgIpc) is 2.36. The van der Waals surface area contributed by atoms with Crippen LogP contribution >= 0.6 is 0 Å². The van der Waals surface area contributed by atoms with Crippen molar-refractivity contribution in [2.45, 2.75) is 39.4 Å². The maximum atomic E-state index is 5.94. The maximum Gasteiger partial charge on any atom is 0.0904 e. The Kier molecular flexibility index (Phi) is 5.84. The minimum atomic E-state index is -0.202. The molecule has 0 unspecified atom stereocenters. The molecular formula is C17H24O2. The Balaban J connectivity index is 2.40. The number of hydrogen-bond acceptors (Lipinski definition) is 2. The van der Waals surface area contributed by atoms with Gasteiger partial charge in [-0.1, -0.05) is 43.5 Å². The number of benzene rings is 1. The van der Waals surface area contributed by atoms with E-state index in [2.05, 4.69) is 39.1 Å². The fourth-order valence-electron chi connectivity index (χ4n) is 1.57. The minimum absolute atomic E-state index is 0.202. The van der Waals surface area contributed by atoms with Gasteiger partial charge in [-0.25, -0.2) is 0 Å². The molecule has 0 heterocycles. The molecule has 0 amide bonds. The summed E-state index contributed by atoms with van der Waals surface area (Å²) >= 11 is 0. The van der Waals surface area contributed by atoms with E-state index in [1.165, 1.54) is 5.56 Å². The highest BCUT2D eigenvalue weighted by Crippen LogP contribution is 2.18. The van der Waals surface area contributed by atoms with E-state index < -0.39 is 0 Å². The van der Waals surface area contributed by atoms with Crippen LogP contribution in [-0.2, 0) is 16.1 Å². The monoisotopic (exact) mass is 260 g/mol. The van der Waals surface area contributed by atoms with E-state index in [0.717, 1.165) is 17.7 Å². The van der Waals surface area contributed by atoms with E-state index in [4.69, 9.17) is 9.47 Å². The van der Waals surface area contributed by atoms with E-state index >= 15 is 0 Å². The van der Waals surface area contributed by atoms with E-state index in [1.807, 2.05) is 25.1 Å². The van der Waals surface area contributed by atoms with Crippen molar-refractivity contribution in [3.05, 3.63) is 54.3 Å². The van der Waals surface area contributed by atoms with Gasteiger partial charge in [-0.2, -0.15) is 0 Å². The quantitative estimate of drug-likeness (QED) is 0.638. The van der Waals surface area contributed by atoms with Crippen LogP contribution < -0.4 is 0 Å². The SMILES string of the molecule is C=Cc1ccc(COC(C)(C)CCOC(=C)C)cc1. The third-order valence-electron chi connectivity index (χ3n) is 2.90. The predicted molar refractivity (Wildman–Crippen MR) is 80.8 cm³/mol. The Morgan fingerprint density at radius 2 is 1.89 bits per heavy atom. The van der Waals surface area contributed by atoms with Gasteiger partial charge in [-0.15, -0.1) is 0 Å². The first-order valence-corrected chi connectivity index (χ1v) is 6.56. The Hall–Kier alpha value is -1.54. The van der Waals surface area contributed by atoms with E-state index in [-0.39, 0.29) is 5.60 Å². The summed E-state index contributed by atoms with van der Waals surface area (Å²) in [6, 6.07) is 8.22. The molecule has 0 fully saturated rings. The van der Waals surface area contributed by atoms with Crippen molar-refractivity contribution in [2.24, 2.45) is 0 Å². The number of ether oxygens (including phenoxy) is 2. The largest absolute Gasteiger partial charge is 0.499 e. The van der Waals surface area contributed by atoms with Gasteiger partial charge in [0.15, 0.2) is 0 Å². The summed E-state index contributed by atoms with van der Waals surface area (Å²) in [6.07, 6.45) is 2.67. The lowest BCUT2D eigenvalue weighted by Gasteiger charge is -2.25. The van der Waals surface area contributed by atoms with Gasteiger partial charge in [0.25, 0.3) is 0 Å². The van der Waals surface area contributed by atoms with Crippen LogP contribution in [0.4, 0.5) is 0 Å². The first-order valence-electron chi connectivity index (χ1n) is 6.56. The summed E-state index contributed by atoms with van der Waals surface area (Å²) in [5.41, 5.74) is 2.09. The first kappa shape index (κ1) is 15.5. The molecule has 2 nitrogen and oxygen atoms in total. The smallest absolute Gasteiger partial charge is 0.0904 e. The number of allylic oxidation sites excluding steroid dienone is 1. The van der Waals surface area contributed by atoms with E-state index in [9.17, 15) is 0 Å². The van der Waals surface area contributed by atoms with Gasteiger partial charge in [0.1, 0.15) is 0 Å². The molecule has 0 aliphatic rings. The molecule has 19 heavy (non-hydrogen) atoms. The normalized spacial score (nSPS) is 11.1. The second-order valence-electron chi connectivity index (χ2n) is 5.29. The lowest BCUT2D eigenvalue weighted by atomic mass is 10.1. The lowest BCUT2D eigenvalue weighted by Crippen LogP contribution is -2.26. The summed E-state index contributed by atoms with van der Waals surface area (Å²) in [7, 11) is 0. The lowest BCUT2D eigenvalue weighted by molar-refractivity contribution is -0.0457. The van der Waals surface area contributed by atoms with Crippen molar-refractivity contribution >= 4 is 6.08 Å². The summed E-state index contributed by atoms with van der Waals surface area (Å²) in [5.74, 6) is 0.746. The van der Waals surface area contributed by atoms with E-state index in [1.54, 1.807) is 0 Å². The molecule has 0 spiro atoms. The van der Waals surface area contributed by atoms with Crippen LogP contribution in [-0.4, -0.2) is 12.2 Å². The van der Waals surface area contributed by atoms with Crippen molar-refractivity contribution in [1.82, 2.24) is 0 Å². The minimum Gasteiger partial charge on any atom is -0.499 e. The zero-order valence-electron chi connectivity index (χ0n) is 12.2. The van der Waals surface area contributed by atoms with Crippen LogP contribution in [0.1, 0.15) is 38.3 Å². The fourth-order valence-corrected chi connectivity index (χ4v) is 1.57. The van der Waals surface area contributed by atoms with Gasteiger partial charge in [-0.3, -0.25) is 0 Å². The van der Waals surface area contributed by atoms with Crippen molar-refractivity contribution in [2.75, 3.05) is 6.61 Å². The van der Waals surface area contributed by atoms with Crippen LogP contribution in [0, 0.1) is 0 Å². The molecule has 0 saturated heterocycles. The zero-order valence-corrected chi connectivity index (χ0v) is 12.2. The summed E-state index contributed by atoms with van der Waals surface area (Å²) in [5, 5.41) is 0. The third kappa shape index (κ3) is 6.25. The van der Waals surface area contributed by atoms with Crippen LogP contribution in [0.15, 0.2) is 43.2 Å². The van der Waals surface area contributed by atoms with Crippen LogP contribution in [0.25, 0.3) is 6.08 Å². The summed E-state index contributed by atoms with van der Waals surface area (Å²) < 4.78 is 11.3. The first-order chi connectivity index (χ1) is 8.93. The molecule has 2 heteroatoms. The fraction of sp³-hybridized carbons (Fsp3) is 0.412. The van der Waals surface area contributed by atoms with Crippen LogP contribution in [0.5, 0.6) is 0 Å². The van der Waals surface area contributed by atoms with Crippen molar-refractivity contribution in [3.63, 3.8) is 0 Å². The van der Waals surface area contributed by atoms with Crippen molar-refractivity contribution in [3.8, 4) is 0 Å². The molecular weight excluding hydrogens is 236 g/mol. The molecule has 1 rings (SSSR count). The van der Waals surface area contributed by atoms with Crippen molar-refractivity contribution < 1.29 is 9.47 Å². The molecule has 1 aromatic carbocycles. The summed E-state index contributed by atoms with van der Waals surface area (Å²) in [6.45, 7) is 14.7. The second kappa shape index (κ2) is 7.15. The molecule has 0 bridgehead atoms. The molecule has 0 saturated carbocycles. The average molecular weight is 260 g/mol. The van der Waals surface area contributed by atoms with Gasteiger partial charge in [0, 0.05) is 6.42 Å². The Labute approximate surface area is 116 Å². The third-order valence-corrected chi connectivity index (χ3v) is 2.90. The molecule has 104 valence electrons. The molecule has 0 aliphatic carbocycles. The van der Waals surface area contributed by atoms with Crippen LogP contribution in [0.2, 0.25) is 0 Å². The number of hydrogen-bond donors (Lipinski definition) is 0. The van der Waals surface area contributed by atoms with Gasteiger partial charge in [-0.05, 0) is 31.9 Å². The van der Waals surface area contributed by atoms with Gasteiger partial charge in [0.05, 0.1) is 24.6 Å². The Morgan fingerprint density at radius 3 is 2.42 bits per heavy atom. The molecule has 0 aromatic heterocycles. The highest BCUT2D eigenvalue weighted by Gasteiger charge is 2.18. The summed E-state index contributed by atoms with van der Waals surface area (Å²) in [4.78, 5) is 0. The molecule has 0 aliphatic heterocycles. The Bertz CT molecular complexity index is 415. The topological polar surface area (TPSA) is 18.5 Å². The predicted octanol–water partition coefficient (Wildman–Crippen LogP) is 4.57. The zero-order chi connectivity index (χ0) is 14.3. The van der Waals surface area contributed by atoms with Gasteiger partial charge in [0.2, 0.25) is 0 Å². The van der Waals surface area contributed by atoms with E-state index in [0.29, 0.717) is 13.2 Å².